The van der Waals surface area contributed by atoms with Gasteiger partial charge in [0.2, 0.25) is 11.7 Å². The van der Waals surface area contributed by atoms with Crippen molar-refractivity contribution in [2.45, 2.75) is 72.3 Å². The molecule has 244 valence electrons. The average molecular weight is 672 g/mol. The number of aromatic nitrogens is 5. The zero-order valence-electron chi connectivity index (χ0n) is 28.0. The fourth-order valence-corrected chi connectivity index (χ4v) is 6.52. The van der Waals surface area contributed by atoms with Crippen LogP contribution in [0.3, 0.4) is 0 Å². The van der Waals surface area contributed by atoms with Crippen LogP contribution in [-0.2, 0) is 4.79 Å². The second-order valence-corrected chi connectivity index (χ2v) is 18.4. The molecule has 0 unspecified atom stereocenters. The van der Waals surface area contributed by atoms with Gasteiger partial charge in [0.15, 0.2) is 5.65 Å². The zero-order valence-corrected chi connectivity index (χ0v) is 29.8. The number of hydrogen-bond donors (Lipinski definition) is 0. The summed E-state index contributed by atoms with van der Waals surface area (Å²) in [5, 5.41) is 0.694. The van der Waals surface area contributed by atoms with Gasteiger partial charge in [0.05, 0.1) is 33.2 Å². The molecular formula is C35H39ClFN7O2Si. The Kier molecular flexibility index (Phi) is 9.40. The molecule has 1 aliphatic heterocycles. The fourth-order valence-electron chi connectivity index (χ4n) is 5.78. The fraction of sp³-hybridized carbons (Fsp3) is 0.371. The highest BCUT2D eigenvalue weighted by Gasteiger charge is 2.34. The topological polar surface area (TPSA) is 97.1 Å². The first-order valence-corrected chi connectivity index (χ1v) is 19.5. The summed E-state index contributed by atoms with van der Waals surface area (Å²) in [6.07, 6.45) is 1.31. The first kappa shape index (κ1) is 33.9. The van der Waals surface area contributed by atoms with Gasteiger partial charge in [-0.2, -0.15) is 4.98 Å². The number of pyridine rings is 1. The number of anilines is 1. The molecule has 1 aromatic carbocycles. The summed E-state index contributed by atoms with van der Waals surface area (Å²) < 4.78 is 16.5. The highest BCUT2D eigenvalue weighted by Crippen LogP contribution is 2.36. The molecule has 1 aliphatic rings. The van der Waals surface area contributed by atoms with Crippen LogP contribution in [0.4, 0.5) is 10.2 Å². The van der Waals surface area contributed by atoms with Gasteiger partial charge in [-0.15, -0.1) is 5.54 Å². The van der Waals surface area contributed by atoms with Crippen molar-refractivity contribution in [3.8, 4) is 28.4 Å². The van der Waals surface area contributed by atoms with Crippen LogP contribution >= 0.6 is 11.6 Å². The molecule has 0 aliphatic carbocycles. The quantitative estimate of drug-likeness (QED) is 0.140. The van der Waals surface area contributed by atoms with Crippen molar-refractivity contribution < 1.29 is 9.18 Å². The van der Waals surface area contributed by atoms with Crippen LogP contribution in [0.1, 0.15) is 50.8 Å². The summed E-state index contributed by atoms with van der Waals surface area (Å²) in [4.78, 5) is 49.6. The van der Waals surface area contributed by atoms with Crippen LogP contribution in [0.25, 0.3) is 28.0 Å². The standard InChI is InChI=1S/C35H39ClFN7O2Si/c1-10-29(45)42-18-22(5)43(19-21(42)4)33-25-17-26(36)31(24-13-11-12-14-27(24)37)40-34(25)44(35(46)41-33)32-23(6)38-28(15-16-47(7,8)9)39-30(32)20(2)3/h10-14,17,20-22H,1,18-19H2,2-9H3/t21-,22+/m1/s1. The van der Waals surface area contributed by atoms with Gasteiger partial charge in [0.1, 0.15) is 19.7 Å². The smallest absolute Gasteiger partial charge is 0.349 e. The van der Waals surface area contributed by atoms with Crippen molar-refractivity contribution in [2.75, 3.05) is 18.0 Å². The Bertz CT molecular complexity index is 2030. The molecule has 1 saturated heterocycles. The van der Waals surface area contributed by atoms with E-state index in [-0.39, 0.29) is 45.8 Å². The van der Waals surface area contributed by atoms with Gasteiger partial charge in [-0.1, -0.05) is 63.8 Å². The lowest BCUT2D eigenvalue weighted by molar-refractivity contribution is -0.128. The minimum Gasteiger partial charge on any atom is -0.349 e. The van der Waals surface area contributed by atoms with Crippen LogP contribution in [0, 0.1) is 24.2 Å². The lowest BCUT2D eigenvalue weighted by Crippen LogP contribution is -2.58. The predicted molar refractivity (Wildman–Crippen MR) is 188 cm³/mol. The molecule has 0 saturated carbocycles. The molecule has 2 atom stereocenters. The molecule has 0 radical (unpaired) electrons. The molecule has 3 aromatic heterocycles. The number of benzene rings is 1. The molecule has 1 amide bonds. The largest absolute Gasteiger partial charge is 0.355 e. The van der Waals surface area contributed by atoms with E-state index in [9.17, 15) is 9.59 Å². The van der Waals surface area contributed by atoms with Crippen molar-refractivity contribution in [3.05, 3.63) is 81.5 Å². The second kappa shape index (κ2) is 13.0. The van der Waals surface area contributed by atoms with E-state index in [0.29, 0.717) is 47.2 Å². The number of carbonyl (C=O) groups is 1. The van der Waals surface area contributed by atoms with E-state index in [1.54, 1.807) is 29.2 Å². The zero-order chi connectivity index (χ0) is 34.4. The highest BCUT2D eigenvalue weighted by atomic mass is 35.5. The number of halogens is 2. The molecule has 47 heavy (non-hydrogen) atoms. The van der Waals surface area contributed by atoms with Gasteiger partial charge in [0.25, 0.3) is 0 Å². The number of fused-ring (bicyclic) bond motifs is 1. The van der Waals surface area contributed by atoms with Crippen molar-refractivity contribution in [3.63, 3.8) is 0 Å². The van der Waals surface area contributed by atoms with Crippen molar-refractivity contribution in [1.29, 1.82) is 0 Å². The number of rotatable bonds is 5. The lowest BCUT2D eigenvalue weighted by atomic mass is 10.1. The van der Waals surface area contributed by atoms with Crippen LogP contribution < -0.4 is 10.6 Å². The third kappa shape index (κ3) is 6.71. The Morgan fingerprint density at radius 3 is 2.45 bits per heavy atom. The first-order valence-electron chi connectivity index (χ1n) is 15.6. The highest BCUT2D eigenvalue weighted by molar-refractivity contribution is 6.83. The summed E-state index contributed by atoms with van der Waals surface area (Å²) in [5.41, 5.74) is 4.94. The summed E-state index contributed by atoms with van der Waals surface area (Å²) in [6, 6.07) is 7.52. The Balaban J connectivity index is 1.83. The van der Waals surface area contributed by atoms with Gasteiger partial charge >= 0.3 is 5.69 Å². The van der Waals surface area contributed by atoms with Crippen LogP contribution in [-0.4, -0.2) is 68.6 Å². The number of aryl methyl sites for hydroxylation is 1. The van der Waals surface area contributed by atoms with E-state index in [4.69, 9.17) is 26.6 Å². The molecule has 0 bridgehead atoms. The normalized spacial score (nSPS) is 16.7. The van der Waals surface area contributed by atoms with E-state index in [1.807, 2.05) is 39.5 Å². The minimum atomic E-state index is -1.71. The maximum absolute atomic E-state index is 15.1. The van der Waals surface area contributed by atoms with E-state index >= 15 is 4.39 Å². The molecule has 5 rings (SSSR count). The SMILES string of the molecule is C=CC(=O)N1C[C@H](C)N(c2nc(=O)n(-c3c(C)nc(C#C[Si](C)(C)C)nc3C(C)C)c3nc(-c4ccccc4F)c(Cl)cc23)C[C@H]1C. The molecular weight excluding hydrogens is 633 g/mol. The molecule has 4 heterocycles. The van der Waals surface area contributed by atoms with E-state index in [2.05, 4.69) is 42.7 Å². The van der Waals surface area contributed by atoms with Crippen molar-refractivity contribution in [1.82, 2.24) is 29.4 Å². The third-order valence-corrected chi connectivity index (χ3v) is 9.21. The summed E-state index contributed by atoms with van der Waals surface area (Å²) in [5.74, 6) is 3.13. The maximum Gasteiger partial charge on any atom is 0.355 e. The van der Waals surface area contributed by atoms with Crippen LogP contribution in [0.5, 0.6) is 0 Å². The van der Waals surface area contributed by atoms with E-state index in [0.717, 1.165) is 0 Å². The molecule has 9 nitrogen and oxygen atoms in total. The molecule has 0 N–H and O–H groups in total. The number of carbonyl (C=O) groups excluding carboxylic acids is 1. The van der Waals surface area contributed by atoms with Crippen LogP contribution in [0.2, 0.25) is 24.7 Å². The maximum atomic E-state index is 15.1. The molecule has 1 fully saturated rings. The monoisotopic (exact) mass is 671 g/mol. The Labute approximate surface area is 280 Å². The van der Waals surface area contributed by atoms with Gasteiger partial charge in [-0.05, 0) is 56.9 Å². The Hall–Kier alpha value is -4.40. The van der Waals surface area contributed by atoms with Gasteiger partial charge in [-0.25, -0.2) is 28.7 Å². The Morgan fingerprint density at radius 2 is 1.81 bits per heavy atom. The molecule has 4 aromatic rings. The first-order chi connectivity index (χ1) is 22.1. The Morgan fingerprint density at radius 1 is 1.11 bits per heavy atom. The number of hydrogen-bond acceptors (Lipinski definition) is 7. The number of amides is 1. The van der Waals surface area contributed by atoms with Gasteiger partial charge in [0, 0.05) is 30.7 Å². The number of nitrogens with zero attached hydrogens (tertiary/aromatic N) is 7. The summed E-state index contributed by atoms with van der Waals surface area (Å²) >= 11 is 6.85. The third-order valence-electron chi connectivity index (χ3n) is 8.05. The van der Waals surface area contributed by atoms with E-state index in [1.165, 1.54) is 16.7 Å². The second-order valence-electron chi connectivity index (χ2n) is 13.3. The summed E-state index contributed by atoms with van der Waals surface area (Å²) in [7, 11) is -1.71. The van der Waals surface area contributed by atoms with E-state index < -0.39 is 19.6 Å². The predicted octanol–water partition coefficient (Wildman–Crippen LogP) is 6.30. The van der Waals surface area contributed by atoms with Crippen molar-refractivity contribution >= 4 is 42.4 Å². The summed E-state index contributed by atoms with van der Waals surface area (Å²) in [6.45, 7) is 20.6. The average Bonchev–Trinajstić information content (AvgIpc) is 3.00. The number of piperazine rings is 1. The van der Waals surface area contributed by atoms with Gasteiger partial charge < -0.3 is 9.80 Å². The van der Waals surface area contributed by atoms with Gasteiger partial charge in [-0.3, -0.25) is 4.79 Å². The molecule has 12 heteroatoms. The minimum absolute atomic E-state index is 0.115. The van der Waals surface area contributed by atoms with Crippen LogP contribution in [0.15, 0.2) is 47.8 Å². The van der Waals surface area contributed by atoms with Crippen molar-refractivity contribution in [2.24, 2.45) is 0 Å². The molecule has 0 spiro atoms. The lowest BCUT2D eigenvalue weighted by Gasteiger charge is -2.44.